The fourth-order valence-corrected chi connectivity index (χ4v) is 0.896. The van der Waals surface area contributed by atoms with Gasteiger partial charge >= 0.3 is 0 Å². The normalized spacial score (nSPS) is 8.20. The number of alkyl halides is 1. The molecule has 0 aromatic heterocycles. The molecule has 0 fully saturated rings. The van der Waals surface area contributed by atoms with E-state index in [4.69, 9.17) is 0 Å². The van der Waals surface area contributed by atoms with Gasteiger partial charge in [-0.2, -0.15) is 11.8 Å². The Bertz CT molecular complexity index is 30.8. The third-order valence-corrected chi connectivity index (χ3v) is 3.09. The molecule has 0 unspecified atom stereocenters. The van der Waals surface area contributed by atoms with E-state index in [-0.39, 0.29) is 0 Å². The first-order valence-electron chi connectivity index (χ1n) is 1.12. The Morgan fingerprint density at radius 3 is 2.60 bits per heavy atom. The van der Waals surface area contributed by atoms with Gasteiger partial charge in [-0.1, -0.05) is 0 Å². The minimum Gasteiger partial charge on any atom is -0.270 e. The molecular weight excluding hydrogens is 199 g/mol. The van der Waals surface area contributed by atoms with Gasteiger partial charge in [0.2, 0.25) is 0 Å². The van der Waals surface area contributed by atoms with Crippen LogP contribution in [0.25, 0.3) is 0 Å². The van der Waals surface area contributed by atoms with Crippen LogP contribution in [0.4, 0.5) is 0 Å². The highest BCUT2D eigenvalue weighted by atomic mass is 127. The van der Waals surface area contributed by atoms with Crippen LogP contribution < -0.4 is 0 Å². The smallest absolute Gasteiger partial charge is 0.155 e. The van der Waals surface area contributed by atoms with Crippen molar-refractivity contribution in [2.24, 2.45) is 0 Å². The predicted molar refractivity (Wildman–Crippen MR) is 33.1 cm³/mol. The summed E-state index contributed by atoms with van der Waals surface area (Å²) in [6.07, 6.45) is 1.96. The standard InChI is InChI=1S/C2H5IOS/c1-5-2-3-4/h2H2,1H3. The first-order chi connectivity index (χ1) is 2.41. The summed E-state index contributed by atoms with van der Waals surface area (Å²) in [5.74, 6) is 0. The van der Waals surface area contributed by atoms with Crippen molar-refractivity contribution in [2.45, 2.75) is 0 Å². The lowest BCUT2D eigenvalue weighted by Crippen LogP contribution is -1.46. The first kappa shape index (κ1) is 5.88. The van der Waals surface area contributed by atoms with Crippen LogP contribution in [0.2, 0.25) is 0 Å². The molecule has 0 N–H and O–H groups in total. The van der Waals surface area contributed by atoms with Gasteiger partial charge in [-0.15, -0.1) is 0 Å². The third-order valence-electron chi connectivity index (χ3n) is 0.154. The molecule has 0 atom stereocenters. The average Bonchev–Trinajstić information content (AvgIpc) is 1.41. The molecule has 5 heavy (non-hydrogen) atoms. The Hall–Kier alpha value is 0.880. The minimum atomic E-state index is -0.680. The van der Waals surface area contributed by atoms with Crippen LogP contribution in [-0.2, 0) is 3.07 Å². The molecule has 3 heteroatoms. The number of rotatable bonds is 2. The van der Waals surface area contributed by atoms with Gasteiger partial charge < -0.3 is 0 Å². The number of halogens is 1. The lowest BCUT2D eigenvalue weighted by molar-refractivity contribution is 0.648. The van der Waals surface area contributed by atoms with Crippen LogP contribution >= 0.6 is 33.0 Å². The third kappa shape index (κ3) is 4.88. The van der Waals surface area contributed by atoms with Crippen LogP contribution in [0.5, 0.6) is 0 Å². The quantitative estimate of drug-likeness (QED) is 0.502. The van der Waals surface area contributed by atoms with E-state index in [2.05, 4.69) is 0 Å². The molecule has 0 aromatic rings. The van der Waals surface area contributed by atoms with Crippen molar-refractivity contribution in [3.8, 4) is 0 Å². The van der Waals surface area contributed by atoms with Crippen LogP contribution in [0, 0.1) is 0 Å². The topological polar surface area (TPSA) is 17.1 Å². The first-order valence-corrected chi connectivity index (χ1v) is 4.92. The van der Waals surface area contributed by atoms with E-state index in [1.54, 1.807) is 11.8 Å². The molecule has 0 saturated heterocycles. The molecule has 0 rings (SSSR count). The zero-order valence-electron chi connectivity index (χ0n) is 2.90. The lowest BCUT2D eigenvalue weighted by Gasteiger charge is -1.68. The van der Waals surface area contributed by atoms with Crippen LogP contribution in [-0.4, -0.2) is 10.0 Å². The lowest BCUT2D eigenvalue weighted by atomic mass is 11.9. The molecule has 0 saturated carbocycles. The summed E-state index contributed by atoms with van der Waals surface area (Å²) in [5.41, 5.74) is 0. The molecule has 0 bridgehead atoms. The summed E-state index contributed by atoms with van der Waals surface area (Å²) < 4.78 is 10.5. The van der Waals surface area contributed by atoms with Gasteiger partial charge in [-0.25, -0.2) is 0 Å². The van der Waals surface area contributed by atoms with E-state index in [0.29, 0.717) is 0 Å². The Labute approximate surface area is 46.2 Å². The summed E-state index contributed by atoms with van der Waals surface area (Å²) in [6, 6.07) is 0. The summed E-state index contributed by atoms with van der Waals surface area (Å²) in [7, 11) is 0. The Balaban J connectivity index is 2.40. The second-order valence-electron chi connectivity index (χ2n) is 0.507. The highest BCUT2D eigenvalue weighted by Gasteiger charge is 1.68. The van der Waals surface area contributed by atoms with Crippen LogP contribution in [0.15, 0.2) is 0 Å². The minimum absolute atomic E-state index is 0.680. The monoisotopic (exact) mass is 204 g/mol. The Morgan fingerprint density at radius 1 is 2.00 bits per heavy atom. The molecule has 0 heterocycles. The maximum atomic E-state index is 9.62. The molecule has 0 amide bonds. The zero-order valence-corrected chi connectivity index (χ0v) is 5.88. The van der Waals surface area contributed by atoms with Crippen molar-refractivity contribution in [1.82, 2.24) is 0 Å². The molecule has 0 spiro atoms. The summed E-state index contributed by atoms with van der Waals surface area (Å²) >= 11 is 0.958. The number of hydrogen-bond acceptors (Lipinski definition) is 2. The van der Waals surface area contributed by atoms with E-state index in [0.717, 1.165) is 3.76 Å². The van der Waals surface area contributed by atoms with E-state index < -0.39 is 21.2 Å². The van der Waals surface area contributed by atoms with E-state index in [1.807, 2.05) is 6.26 Å². The fourth-order valence-electron chi connectivity index (χ4n) is 0.0445. The summed E-state index contributed by atoms with van der Waals surface area (Å²) in [5, 5.41) is 0. The number of hydrogen-bond donors (Lipinski definition) is 0. The molecule has 0 aromatic carbocycles. The second-order valence-corrected chi connectivity index (χ2v) is 3.79. The van der Waals surface area contributed by atoms with Gasteiger partial charge in [0.1, 0.15) is 0 Å². The number of thioether (sulfide) groups is 1. The molecule has 1 nitrogen and oxygen atoms in total. The van der Waals surface area contributed by atoms with Crippen molar-refractivity contribution < 1.29 is 3.07 Å². The molecule has 0 aliphatic heterocycles. The average molecular weight is 204 g/mol. The maximum Gasteiger partial charge on any atom is 0.155 e. The molecule has 0 aliphatic rings. The van der Waals surface area contributed by atoms with Gasteiger partial charge in [-0.05, 0) is 6.26 Å². The van der Waals surface area contributed by atoms with Gasteiger partial charge in [0.05, 0.1) is 3.76 Å². The highest BCUT2D eigenvalue weighted by Crippen LogP contribution is 2.01. The van der Waals surface area contributed by atoms with Crippen LogP contribution in [0.3, 0.4) is 0 Å². The molecular formula is C2H5IOS. The van der Waals surface area contributed by atoms with E-state index >= 15 is 0 Å². The van der Waals surface area contributed by atoms with Crippen molar-refractivity contribution in [3.05, 3.63) is 0 Å². The maximum absolute atomic E-state index is 9.62. The van der Waals surface area contributed by atoms with Crippen molar-refractivity contribution in [1.29, 1.82) is 0 Å². The molecule has 0 aliphatic carbocycles. The van der Waals surface area contributed by atoms with Crippen LogP contribution in [0.1, 0.15) is 0 Å². The van der Waals surface area contributed by atoms with E-state index in [9.17, 15) is 3.07 Å². The summed E-state index contributed by atoms with van der Waals surface area (Å²) in [4.78, 5) is 0. The van der Waals surface area contributed by atoms with Gasteiger partial charge in [0.15, 0.2) is 21.2 Å². The fraction of sp³-hybridized carbons (Fsp3) is 1.00. The Morgan fingerprint density at radius 2 is 2.60 bits per heavy atom. The van der Waals surface area contributed by atoms with Gasteiger partial charge in [-0.3, -0.25) is 3.07 Å². The van der Waals surface area contributed by atoms with Gasteiger partial charge in [0.25, 0.3) is 0 Å². The summed E-state index contributed by atoms with van der Waals surface area (Å²) in [6.45, 7) is 0. The van der Waals surface area contributed by atoms with E-state index in [1.165, 1.54) is 0 Å². The van der Waals surface area contributed by atoms with Crippen molar-refractivity contribution >= 4 is 33.0 Å². The van der Waals surface area contributed by atoms with Crippen molar-refractivity contribution in [3.63, 3.8) is 0 Å². The SMILES string of the molecule is CSCI=O. The van der Waals surface area contributed by atoms with Gasteiger partial charge in [0, 0.05) is 0 Å². The van der Waals surface area contributed by atoms with Crippen molar-refractivity contribution in [2.75, 3.05) is 10.0 Å². The Kier molecular flexibility index (Phi) is 5.74. The highest BCUT2D eigenvalue weighted by molar-refractivity contribution is 14.1. The zero-order chi connectivity index (χ0) is 4.12. The molecule has 32 valence electrons. The second kappa shape index (κ2) is 4.88. The predicted octanol–water partition coefficient (Wildman–Crippen LogP) is 1.62. The molecule has 0 radical (unpaired) electrons. The largest absolute Gasteiger partial charge is 0.270 e.